The molecule has 1 aromatic rings. The third-order valence-corrected chi connectivity index (χ3v) is 4.48. The number of carbonyl (C=O) groups excluding carboxylic acids is 1. The standard InChI is InChI=1S/C16H22N2O/c1-17-9-11-18(12-10-17)16(19)15-8-4-6-13-5-2-3-7-14(13)15/h2-3,5,7,15H,4,6,8-12H2,1H3. The van der Waals surface area contributed by atoms with Gasteiger partial charge in [-0.15, -0.1) is 0 Å². The average Bonchev–Trinajstić information content (AvgIpc) is 2.47. The average molecular weight is 258 g/mol. The molecule has 3 heteroatoms. The lowest BCUT2D eigenvalue weighted by atomic mass is 9.82. The Kier molecular flexibility index (Phi) is 3.56. The fraction of sp³-hybridized carbons (Fsp3) is 0.562. The van der Waals surface area contributed by atoms with Crippen molar-refractivity contribution in [1.82, 2.24) is 9.80 Å². The Morgan fingerprint density at radius 2 is 1.89 bits per heavy atom. The van der Waals surface area contributed by atoms with E-state index < -0.39 is 0 Å². The minimum Gasteiger partial charge on any atom is -0.340 e. The second-order valence-electron chi connectivity index (χ2n) is 5.77. The molecule has 0 aromatic heterocycles. The number of nitrogens with zero attached hydrogens (tertiary/aromatic N) is 2. The Morgan fingerprint density at radius 3 is 2.68 bits per heavy atom. The Morgan fingerprint density at radius 1 is 1.16 bits per heavy atom. The van der Waals surface area contributed by atoms with Crippen LogP contribution in [0.4, 0.5) is 0 Å². The highest BCUT2D eigenvalue weighted by atomic mass is 16.2. The largest absolute Gasteiger partial charge is 0.340 e. The van der Waals surface area contributed by atoms with Gasteiger partial charge in [-0.25, -0.2) is 0 Å². The molecule has 1 aliphatic carbocycles. The molecular weight excluding hydrogens is 236 g/mol. The molecule has 0 saturated carbocycles. The molecule has 0 N–H and O–H groups in total. The quantitative estimate of drug-likeness (QED) is 0.768. The highest BCUT2D eigenvalue weighted by Crippen LogP contribution is 2.33. The summed E-state index contributed by atoms with van der Waals surface area (Å²) < 4.78 is 0. The van der Waals surface area contributed by atoms with Crippen LogP contribution < -0.4 is 0 Å². The van der Waals surface area contributed by atoms with E-state index in [9.17, 15) is 4.79 Å². The summed E-state index contributed by atoms with van der Waals surface area (Å²) in [5.74, 6) is 0.452. The van der Waals surface area contributed by atoms with Gasteiger partial charge in [0, 0.05) is 26.2 Å². The van der Waals surface area contributed by atoms with Gasteiger partial charge in [0.25, 0.3) is 0 Å². The van der Waals surface area contributed by atoms with E-state index in [0.29, 0.717) is 5.91 Å². The first kappa shape index (κ1) is 12.7. The van der Waals surface area contributed by atoms with E-state index in [2.05, 4.69) is 41.1 Å². The number of aryl methyl sites for hydroxylation is 1. The van der Waals surface area contributed by atoms with Crippen LogP contribution in [0.25, 0.3) is 0 Å². The topological polar surface area (TPSA) is 23.6 Å². The molecule has 1 heterocycles. The summed E-state index contributed by atoms with van der Waals surface area (Å²) in [4.78, 5) is 17.1. The van der Waals surface area contributed by atoms with Crippen LogP contribution in [-0.4, -0.2) is 48.9 Å². The molecule has 0 spiro atoms. The molecule has 19 heavy (non-hydrogen) atoms. The van der Waals surface area contributed by atoms with Gasteiger partial charge in [0.2, 0.25) is 5.91 Å². The first-order valence-corrected chi connectivity index (χ1v) is 7.31. The van der Waals surface area contributed by atoms with E-state index >= 15 is 0 Å². The fourth-order valence-electron chi connectivity index (χ4n) is 3.26. The highest BCUT2D eigenvalue weighted by Gasteiger charge is 2.30. The summed E-state index contributed by atoms with van der Waals surface area (Å²) in [5.41, 5.74) is 2.65. The van der Waals surface area contributed by atoms with E-state index in [4.69, 9.17) is 0 Å². The molecule has 102 valence electrons. The number of hydrogen-bond donors (Lipinski definition) is 0. The SMILES string of the molecule is CN1CCN(C(=O)C2CCCc3ccccc32)CC1. The van der Waals surface area contributed by atoms with Gasteiger partial charge in [-0.1, -0.05) is 24.3 Å². The first-order valence-electron chi connectivity index (χ1n) is 7.31. The lowest BCUT2D eigenvalue weighted by Crippen LogP contribution is -2.48. The molecule has 1 aliphatic heterocycles. The maximum atomic E-state index is 12.7. The second kappa shape index (κ2) is 5.33. The molecule has 2 aliphatic rings. The van der Waals surface area contributed by atoms with Crippen molar-refractivity contribution in [3.63, 3.8) is 0 Å². The van der Waals surface area contributed by atoms with Crippen LogP contribution in [0.1, 0.15) is 29.9 Å². The van der Waals surface area contributed by atoms with Crippen molar-refractivity contribution in [3.8, 4) is 0 Å². The van der Waals surface area contributed by atoms with E-state index in [-0.39, 0.29) is 5.92 Å². The van der Waals surface area contributed by atoms with Gasteiger partial charge in [-0.3, -0.25) is 4.79 Å². The molecule has 1 aromatic carbocycles. The maximum absolute atomic E-state index is 12.7. The van der Waals surface area contributed by atoms with Crippen molar-refractivity contribution in [2.45, 2.75) is 25.2 Å². The van der Waals surface area contributed by atoms with Gasteiger partial charge in [0.15, 0.2) is 0 Å². The third-order valence-electron chi connectivity index (χ3n) is 4.48. The number of fused-ring (bicyclic) bond motifs is 1. The molecule has 1 saturated heterocycles. The third kappa shape index (κ3) is 2.52. The Balaban J connectivity index is 1.78. The van der Waals surface area contributed by atoms with E-state index in [1.807, 2.05) is 0 Å². The van der Waals surface area contributed by atoms with Crippen molar-refractivity contribution in [3.05, 3.63) is 35.4 Å². The fourth-order valence-corrected chi connectivity index (χ4v) is 3.26. The van der Waals surface area contributed by atoms with Gasteiger partial charge in [0.05, 0.1) is 5.92 Å². The number of hydrogen-bond acceptors (Lipinski definition) is 2. The maximum Gasteiger partial charge on any atom is 0.230 e. The summed E-state index contributed by atoms with van der Waals surface area (Å²) in [7, 11) is 2.12. The molecule has 1 amide bonds. The normalized spacial score (nSPS) is 24.1. The minimum absolute atomic E-state index is 0.105. The number of piperazine rings is 1. The number of carbonyl (C=O) groups is 1. The monoisotopic (exact) mass is 258 g/mol. The lowest BCUT2D eigenvalue weighted by molar-refractivity contribution is -0.134. The predicted octanol–water partition coefficient (Wildman–Crippen LogP) is 1.88. The van der Waals surface area contributed by atoms with Gasteiger partial charge < -0.3 is 9.80 Å². The van der Waals surface area contributed by atoms with Crippen LogP contribution in [-0.2, 0) is 11.2 Å². The van der Waals surface area contributed by atoms with E-state index in [0.717, 1.165) is 45.4 Å². The van der Waals surface area contributed by atoms with Crippen molar-refractivity contribution in [1.29, 1.82) is 0 Å². The van der Waals surface area contributed by atoms with E-state index in [1.54, 1.807) is 0 Å². The lowest BCUT2D eigenvalue weighted by Gasteiger charge is -2.36. The minimum atomic E-state index is 0.105. The van der Waals surface area contributed by atoms with Crippen LogP contribution >= 0.6 is 0 Å². The molecule has 1 atom stereocenters. The Labute approximate surface area is 115 Å². The Bertz CT molecular complexity index is 464. The zero-order chi connectivity index (χ0) is 13.2. The van der Waals surface area contributed by atoms with Gasteiger partial charge in [-0.2, -0.15) is 0 Å². The van der Waals surface area contributed by atoms with Crippen LogP contribution in [0.5, 0.6) is 0 Å². The molecule has 0 radical (unpaired) electrons. The highest BCUT2D eigenvalue weighted by molar-refractivity contribution is 5.84. The van der Waals surface area contributed by atoms with E-state index in [1.165, 1.54) is 11.1 Å². The Hall–Kier alpha value is -1.35. The van der Waals surface area contributed by atoms with Gasteiger partial charge >= 0.3 is 0 Å². The first-order chi connectivity index (χ1) is 9.25. The number of rotatable bonds is 1. The summed E-state index contributed by atoms with van der Waals surface area (Å²) in [6.45, 7) is 3.77. The molecule has 3 rings (SSSR count). The smallest absolute Gasteiger partial charge is 0.230 e. The number of likely N-dealkylation sites (N-methyl/N-ethyl adjacent to an activating group) is 1. The zero-order valence-electron chi connectivity index (χ0n) is 11.6. The molecule has 1 unspecified atom stereocenters. The van der Waals surface area contributed by atoms with Crippen molar-refractivity contribution in [2.24, 2.45) is 0 Å². The number of amides is 1. The van der Waals surface area contributed by atoms with Crippen molar-refractivity contribution >= 4 is 5.91 Å². The van der Waals surface area contributed by atoms with Gasteiger partial charge in [0.1, 0.15) is 0 Å². The molecule has 1 fully saturated rings. The van der Waals surface area contributed by atoms with Crippen molar-refractivity contribution in [2.75, 3.05) is 33.2 Å². The second-order valence-corrected chi connectivity index (χ2v) is 5.77. The van der Waals surface area contributed by atoms with Crippen LogP contribution in [0.15, 0.2) is 24.3 Å². The summed E-state index contributed by atoms with van der Waals surface area (Å²) in [5, 5.41) is 0. The number of benzene rings is 1. The van der Waals surface area contributed by atoms with Gasteiger partial charge in [-0.05, 0) is 37.4 Å². The molecule has 0 bridgehead atoms. The summed E-state index contributed by atoms with van der Waals surface area (Å²) >= 11 is 0. The van der Waals surface area contributed by atoms with Crippen LogP contribution in [0, 0.1) is 0 Å². The molecule has 3 nitrogen and oxygen atoms in total. The zero-order valence-corrected chi connectivity index (χ0v) is 11.6. The molecular formula is C16H22N2O. The van der Waals surface area contributed by atoms with Crippen molar-refractivity contribution < 1.29 is 4.79 Å². The van der Waals surface area contributed by atoms with Crippen LogP contribution in [0.2, 0.25) is 0 Å². The summed E-state index contributed by atoms with van der Waals surface area (Å²) in [6.07, 6.45) is 3.28. The van der Waals surface area contributed by atoms with Crippen LogP contribution in [0.3, 0.4) is 0 Å². The predicted molar refractivity (Wildman–Crippen MR) is 76.2 cm³/mol. The summed E-state index contributed by atoms with van der Waals surface area (Å²) in [6, 6.07) is 8.47.